The zero-order chi connectivity index (χ0) is 12.8. The lowest BCUT2D eigenvalue weighted by molar-refractivity contribution is -0.139. The molecule has 1 aromatic heterocycles. The van der Waals surface area contributed by atoms with E-state index in [2.05, 4.69) is 5.32 Å². The molecule has 0 spiro atoms. The molecular weight excluding hydrogens is 250 g/mol. The molecule has 4 nitrogen and oxygen atoms in total. The Hall–Kier alpha value is -0.940. The first kappa shape index (κ1) is 13.5. The summed E-state index contributed by atoms with van der Waals surface area (Å²) in [6.45, 7) is 3.05. The molecule has 1 aliphatic carbocycles. The van der Waals surface area contributed by atoms with Crippen molar-refractivity contribution < 1.29 is 13.9 Å². The highest BCUT2D eigenvalue weighted by Crippen LogP contribution is 2.20. The predicted octanol–water partition coefficient (Wildman–Crippen LogP) is 2.33. The molecule has 100 valence electrons. The van der Waals surface area contributed by atoms with Gasteiger partial charge in [0.2, 0.25) is 0 Å². The third kappa shape index (κ3) is 4.74. The molecule has 0 saturated heterocycles. The first-order valence-electron chi connectivity index (χ1n) is 6.32. The molecule has 2 rings (SSSR count). The van der Waals surface area contributed by atoms with Gasteiger partial charge in [-0.05, 0) is 31.9 Å². The van der Waals surface area contributed by atoms with Gasteiger partial charge in [-0.25, -0.2) is 0 Å². The molecular formula is C13H19NO3S. The van der Waals surface area contributed by atoms with Crippen molar-refractivity contribution in [1.82, 2.24) is 5.32 Å². The fraction of sp³-hybridized carbons (Fsp3) is 0.615. The first-order chi connectivity index (χ1) is 8.78. The quantitative estimate of drug-likeness (QED) is 0.734. The van der Waals surface area contributed by atoms with Crippen LogP contribution in [-0.4, -0.2) is 24.4 Å². The maximum absolute atomic E-state index is 11.1. The summed E-state index contributed by atoms with van der Waals surface area (Å²) in [4.78, 5) is 11.1. The number of carbonyl (C=O) groups is 1. The summed E-state index contributed by atoms with van der Waals surface area (Å²) < 4.78 is 10.5. The normalized spacial score (nSPS) is 14.7. The molecule has 5 heteroatoms. The molecule has 1 aliphatic rings. The van der Waals surface area contributed by atoms with Gasteiger partial charge in [0.15, 0.2) is 0 Å². The van der Waals surface area contributed by atoms with E-state index in [0.717, 1.165) is 18.1 Å². The molecule has 0 bridgehead atoms. The minimum absolute atomic E-state index is 0.162. The predicted molar refractivity (Wildman–Crippen MR) is 71.4 cm³/mol. The summed E-state index contributed by atoms with van der Waals surface area (Å²) in [7, 11) is 0. The zero-order valence-electron chi connectivity index (χ0n) is 10.6. The summed E-state index contributed by atoms with van der Waals surface area (Å²) in [6, 6.07) is 4.66. The Morgan fingerprint density at radius 3 is 3.00 bits per heavy atom. The van der Waals surface area contributed by atoms with Gasteiger partial charge in [0.05, 0.1) is 24.7 Å². The fourth-order valence-electron chi connectivity index (χ4n) is 1.56. The van der Waals surface area contributed by atoms with Crippen LogP contribution in [0.5, 0.6) is 0 Å². The Morgan fingerprint density at radius 2 is 2.28 bits per heavy atom. The molecule has 1 N–H and O–H groups in total. The summed E-state index contributed by atoms with van der Waals surface area (Å²) in [6.07, 6.45) is 2.56. The van der Waals surface area contributed by atoms with Gasteiger partial charge in [-0.3, -0.25) is 4.79 Å². The Bertz CT molecular complexity index is 387. The average Bonchev–Trinajstić information content (AvgIpc) is 3.07. The highest BCUT2D eigenvalue weighted by molar-refractivity contribution is 7.99. The summed E-state index contributed by atoms with van der Waals surface area (Å²) in [5, 5.41) is 3.40. The van der Waals surface area contributed by atoms with E-state index in [1.54, 1.807) is 0 Å². The van der Waals surface area contributed by atoms with Gasteiger partial charge in [-0.15, -0.1) is 11.8 Å². The topological polar surface area (TPSA) is 51.5 Å². The molecule has 1 saturated carbocycles. The van der Waals surface area contributed by atoms with E-state index in [-0.39, 0.29) is 5.97 Å². The first-order valence-corrected chi connectivity index (χ1v) is 7.47. The summed E-state index contributed by atoms with van der Waals surface area (Å²) >= 11 is 1.52. The number of ether oxygens (including phenoxy) is 1. The lowest BCUT2D eigenvalue weighted by atomic mass is 10.4. The molecule has 0 aliphatic heterocycles. The van der Waals surface area contributed by atoms with E-state index in [4.69, 9.17) is 9.15 Å². The number of thioether (sulfide) groups is 1. The minimum Gasteiger partial charge on any atom is -0.465 e. The largest absolute Gasteiger partial charge is 0.465 e. The number of carbonyl (C=O) groups excluding carboxylic acids is 1. The van der Waals surface area contributed by atoms with Crippen LogP contribution >= 0.6 is 11.8 Å². The van der Waals surface area contributed by atoms with Crippen LogP contribution in [0.25, 0.3) is 0 Å². The molecule has 1 aromatic rings. The second-order valence-corrected chi connectivity index (χ2v) is 5.31. The average molecular weight is 269 g/mol. The molecule has 1 fully saturated rings. The third-order valence-electron chi connectivity index (χ3n) is 2.63. The van der Waals surface area contributed by atoms with Crippen LogP contribution in [0, 0.1) is 0 Å². The van der Waals surface area contributed by atoms with E-state index < -0.39 is 0 Å². The second kappa shape index (κ2) is 6.85. The SMILES string of the molecule is CCOC(=O)CSCc1ccc(CNC2CC2)o1. The van der Waals surface area contributed by atoms with Crippen molar-refractivity contribution in [2.45, 2.75) is 38.1 Å². The highest BCUT2D eigenvalue weighted by atomic mass is 32.2. The smallest absolute Gasteiger partial charge is 0.315 e. The van der Waals surface area contributed by atoms with Crippen LogP contribution in [0.1, 0.15) is 31.3 Å². The Labute approximate surface area is 111 Å². The van der Waals surface area contributed by atoms with Crippen LogP contribution in [0.15, 0.2) is 16.5 Å². The lowest BCUT2D eigenvalue weighted by Gasteiger charge is -2.01. The number of hydrogen-bond acceptors (Lipinski definition) is 5. The Kier molecular flexibility index (Phi) is 5.13. The van der Waals surface area contributed by atoms with Crippen molar-refractivity contribution in [3.8, 4) is 0 Å². The second-order valence-electron chi connectivity index (χ2n) is 4.32. The van der Waals surface area contributed by atoms with E-state index in [9.17, 15) is 4.79 Å². The maximum Gasteiger partial charge on any atom is 0.315 e. The van der Waals surface area contributed by atoms with Gasteiger partial charge in [-0.1, -0.05) is 0 Å². The van der Waals surface area contributed by atoms with Gasteiger partial charge < -0.3 is 14.5 Å². The van der Waals surface area contributed by atoms with Crippen LogP contribution in [0.3, 0.4) is 0 Å². The number of nitrogens with one attached hydrogen (secondary N) is 1. The summed E-state index contributed by atoms with van der Waals surface area (Å²) in [5.74, 6) is 2.81. The monoisotopic (exact) mass is 269 g/mol. The molecule has 18 heavy (non-hydrogen) atoms. The van der Waals surface area contributed by atoms with Crippen LogP contribution < -0.4 is 5.32 Å². The van der Waals surface area contributed by atoms with Gasteiger partial charge in [0, 0.05) is 6.04 Å². The van der Waals surface area contributed by atoms with Crippen molar-refractivity contribution in [1.29, 1.82) is 0 Å². The standard InChI is InChI=1S/C13H19NO3S/c1-2-16-13(15)9-18-8-12-6-5-11(17-12)7-14-10-3-4-10/h5-6,10,14H,2-4,7-9H2,1H3. The molecule has 0 atom stereocenters. The number of hydrogen-bond donors (Lipinski definition) is 1. The Balaban J connectivity index is 1.64. The van der Waals surface area contributed by atoms with E-state index >= 15 is 0 Å². The van der Waals surface area contributed by atoms with Crippen LogP contribution in [0.4, 0.5) is 0 Å². The van der Waals surface area contributed by atoms with E-state index in [1.807, 2.05) is 19.1 Å². The Morgan fingerprint density at radius 1 is 1.50 bits per heavy atom. The van der Waals surface area contributed by atoms with Gasteiger partial charge >= 0.3 is 5.97 Å². The van der Waals surface area contributed by atoms with Gasteiger partial charge in [-0.2, -0.15) is 0 Å². The minimum atomic E-state index is -0.162. The van der Waals surface area contributed by atoms with E-state index in [1.165, 1.54) is 24.6 Å². The zero-order valence-corrected chi connectivity index (χ0v) is 11.4. The van der Waals surface area contributed by atoms with Crippen LogP contribution in [-0.2, 0) is 21.8 Å². The lowest BCUT2D eigenvalue weighted by Crippen LogP contribution is -2.14. The van der Waals surface area contributed by atoms with Crippen molar-refractivity contribution in [3.05, 3.63) is 23.7 Å². The third-order valence-corrected chi connectivity index (χ3v) is 3.56. The highest BCUT2D eigenvalue weighted by Gasteiger charge is 2.20. The number of rotatable bonds is 8. The maximum atomic E-state index is 11.1. The number of furan rings is 1. The molecule has 0 radical (unpaired) electrons. The molecule has 0 aromatic carbocycles. The van der Waals surface area contributed by atoms with Crippen molar-refractivity contribution in [2.24, 2.45) is 0 Å². The summed E-state index contributed by atoms with van der Waals surface area (Å²) in [5.41, 5.74) is 0. The van der Waals surface area contributed by atoms with Crippen LogP contribution in [0.2, 0.25) is 0 Å². The molecule has 1 heterocycles. The van der Waals surface area contributed by atoms with Crippen molar-refractivity contribution >= 4 is 17.7 Å². The van der Waals surface area contributed by atoms with Crippen molar-refractivity contribution in [3.63, 3.8) is 0 Å². The fourth-order valence-corrected chi connectivity index (χ4v) is 2.27. The van der Waals surface area contributed by atoms with Crippen molar-refractivity contribution in [2.75, 3.05) is 12.4 Å². The molecule has 0 unspecified atom stereocenters. The van der Waals surface area contributed by atoms with Gasteiger partial charge in [0.1, 0.15) is 11.5 Å². The molecule has 0 amide bonds. The number of esters is 1. The van der Waals surface area contributed by atoms with Gasteiger partial charge in [0.25, 0.3) is 0 Å². The van der Waals surface area contributed by atoms with E-state index in [0.29, 0.717) is 24.2 Å².